The van der Waals surface area contributed by atoms with Gasteiger partial charge in [0.1, 0.15) is 0 Å². The predicted octanol–water partition coefficient (Wildman–Crippen LogP) is 3.36. The van der Waals surface area contributed by atoms with Crippen molar-refractivity contribution in [2.24, 2.45) is 0 Å². The molecular weight excluding hydrogens is 292 g/mol. The van der Waals surface area contributed by atoms with Gasteiger partial charge in [0.25, 0.3) is 0 Å². The number of anilines is 2. The molecule has 0 spiro atoms. The van der Waals surface area contributed by atoms with E-state index in [-0.39, 0.29) is 17.9 Å². The lowest BCUT2D eigenvalue weighted by Crippen LogP contribution is -2.15. The lowest BCUT2D eigenvalue weighted by molar-refractivity contribution is -0.116. The molecule has 1 heterocycles. The van der Waals surface area contributed by atoms with E-state index in [2.05, 4.69) is 10.6 Å². The van der Waals surface area contributed by atoms with Crippen molar-refractivity contribution in [3.63, 3.8) is 0 Å². The minimum absolute atomic E-state index is 0.0611. The molecule has 0 fully saturated rings. The first-order valence-corrected chi connectivity index (χ1v) is 7.60. The van der Waals surface area contributed by atoms with Gasteiger partial charge in [-0.15, -0.1) is 0 Å². The highest BCUT2D eigenvalue weighted by Gasteiger charge is 2.23. The maximum Gasteiger partial charge on any atom is 0.338 e. The highest BCUT2D eigenvalue weighted by Crippen LogP contribution is 2.32. The fourth-order valence-corrected chi connectivity index (χ4v) is 2.63. The maximum atomic E-state index is 12.1. The zero-order valence-corrected chi connectivity index (χ0v) is 12.8. The summed E-state index contributed by atoms with van der Waals surface area (Å²) in [7, 11) is 0. The summed E-state index contributed by atoms with van der Waals surface area (Å²) in [5.74, 6) is -0.432. The second kappa shape index (κ2) is 6.52. The Labute approximate surface area is 134 Å². The Bertz CT molecular complexity index is 728. The van der Waals surface area contributed by atoms with Gasteiger partial charge in [0.15, 0.2) is 0 Å². The summed E-state index contributed by atoms with van der Waals surface area (Å²) >= 11 is 0. The molecule has 1 aliphatic rings. The third-order valence-corrected chi connectivity index (χ3v) is 3.73. The van der Waals surface area contributed by atoms with Crippen LogP contribution in [0.1, 0.15) is 35.3 Å². The van der Waals surface area contributed by atoms with Crippen LogP contribution in [0.25, 0.3) is 0 Å². The molecule has 1 amide bonds. The van der Waals surface area contributed by atoms with E-state index >= 15 is 0 Å². The zero-order chi connectivity index (χ0) is 16.2. The van der Waals surface area contributed by atoms with E-state index in [1.54, 1.807) is 25.1 Å². The molecule has 2 aromatic carbocycles. The molecule has 1 atom stereocenters. The Morgan fingerprint density at radius 1 is 1.17 bits per heavy atom. The molecular formula is C18H18N2O3. The average Bonchev–Trinajstić information content (AvgIpc) is 2.73. The van der Waals surface area contributed by atoms with Crippen LogP contribution in [0.15, 0.2) is 48.5 Å². The van der Waals surface area contributed by atoms with Crippen molar-refractivity contribution < 1.29 is 14.3 Å². The summed E-state index contributed by atoms with van der Waals surface area (Å²) in [6.07, 6.45) is 0.327. The van der Waals surface area contributed by atoms with Crippen LogP contribution in [0.5, 0.6) is 0 Å². The van der Waals surface area contributed by atoms with Crippen LogP contribution >= 0.6 is 0 Å². The van der Waals surface area contributed by atoms with E-state index < -0.39 is 0 Å². The lowest BCUT2D eigenvalue weighted by atomic mass is 10.0. The van der Waals surface area contributed by atoms with Crippen molar-refractivity contribution >= 4 is 23.3 Å². The van der Waals surface area contributed by atoms with Crippen molar-refractivity contribution in [3.05, 3.63) is 59.7 Å². The Kier molecular flexibility index (Phi) is 4.28. The number of fused-ring (bicyclic) bond motifs is 1. The zero-order valence-electron chi connectivity index (χ0n) is 12.8. The number of carbonyl (C=O) groups is 2. The largest absolute Gasteiger partial charge is 0.462 e. The monoisotopic (exact) mass is 310 g/mol. The van der Waals surface area contributed by atoms with Crippen LogP contribution < -0.4 is 10.6 Å². The summed E-state index contributed by atoms with van der Waals surface area (Å²) in [4.78, 5) is 24.0. The highest BCUT2D eigenvalue weighted by molar-refractivity contribution is 5.99. The molecule has 1 aliphatic heterocycles. The molecule has 0 radical (unpaired) electrons. The van der Waals surface area contributed by atoms with Gasteiger partial charge in [-0.2, -0.15) is 0 Å². The molecule has 2 N–H and O–H groups in total. The standard InChI is InChI=1S/C18H18N2O3/c1-2-23-18(22)13-8-9-14-16(10-13)19-15(11-17(21)20-14)12-6-4-3-5-7-12/h3-10,15,19H,2,11H2,1H3,(H,20,21)/t15-/m1/s1. The van der Waals surface area contributed by atoms with Crippen LogP contribution in [0.2, 0.25) is 0 Å². The summed E-state index contributed by atoms with van der Waals surface area (Å²) in [6, 6.07) is 14.7. The molecule has 0 saturated carbocycles. The van der Waals surface area contributed by atoms with Crippen LogP contribution in [0, 0.1) is 0 Å². The molecule has 0 aromatic heterocycles. The molecule has 23 heavy (non-hydrogen) atoms. The number of esters is 1. The normalized spacial score (nSPS) is 16.6. The fourth-order valence-electron chi connectivity index (χ4n) is 2.63. The third kappa shape index (κ3) is 3.34. The molecule has 5 heteroatoms. The van der Waals surface area contributed by atoms with Gasteiger partial charge in [0.05, 0.1) is 36.0 Å². The van der Waals surface area contributed by atoms with Crippen molar-refractivity contribution in [3.8, 4) is 0 Å². The van der Waals surface area contributed by atoms with Gasteiger partial charge in [-0.25, -0.2) is 4.79 Å². The highest BCUT2D eigenvalue weighted by atomic mass is 16.5. The number of ether oxygens (including phenoxy) is 1. The van der Waals surface area contributed by atoms with E-state index in [9.17, 15) is 9.59 Å². The van der Waals surface area contributed by atoms with Gasteiger partial charge < -0.3 is 15.4 Å². The van der Waals surface area contributed by atoms with Crippen LogP contribution in [-0.2, 0) is 9.53 Å². The van der Waals surface area contributed by atoms with Crippen molar-refractivity contribution in [1.82, 2.24) is 0 Å². The van der Waals surface area contributed by atoms with Crippen molar-refractivity contribution in [2.45, 2.75) is 19.4 Å². The van der Waals surface area contributed by atoms with Gasteiger partial charge in [-0.05, 0) is 30.7 Å². The number of hydrogen-bond acceptors (Lipinski definition) is 4. The van der Waals surface area contributed by atoms with E-state index in [0.717, 1.165) is 11.3 Å². The molecule has 0 saturated heterocycles. The van der Waals surface area contributed by atoms with Crippen LogP contribution in [-0.4, -0.2) is 18.5 Å². The number of rotatable bonds is 3. The Balaban J connectivity index is 1.94. The summed E-state index contributed by atoms with van der Waals surface area (Å²) in [5.41, 5.74) is 2.87. The first-order chi connectivity index (χ1) is 11.2. The second-order valence-corrected chi connectivity index (χ2v) is 5.34. The van der Waals surface area contributed by atoms with E-state index in [4.69, 9.17) is 4.74 Å². The first-order valence-electron chi connectivity index (χ1n) is 7.60. The second-order valence-electron chi connectivity index (χ2n) is 5.34. The number of carbonyl (C=O) groups excluding carboxylic acids is 2. The number of hydrogen-bond donors (Lipinski definition) is 2. The third-order valence-electron chi connectivity index (χ3n) is 3.73. The van der Waals surface area contributed by atoms with Crippen molar-refractivity contribution in [1.29, 1.82) is 0 Å². The molecule has 5 nitrogen and oxygen atoms in total. The summed E-state index contributed by atoms with van der Waals surface area (Å²) in [5, 5.41) is 6.22. The molecule has 0 unspecified atom stereocenters. The fraction of sp³-hybridized carbons (Fsp3) is 0.222. The Morgan fingerprint density at radius 2 is 1.96 bits per heavy atom. The van der Waals surface area contributed by atoms with Crippen LogP contribution in [0.4, 0.5) is 11.4 Å². The number of nitrogens with one attached hydrogen (secondary N) is 2. The SMILES string of the molecule is CCOC(=O)c1ccc2c(c1)N[C@@H](c1ccccc1)CC(=O)N2. The maximum absolute atomic E-state index is 12.1. The molecule has 118 valence electrons. The van der Waals surface area contributed by atoms with Gasteiger partial charge in [0, 0.05) is 0 Å². The first kappa shape index (κ1) is 15.1. The molecule has 3 rings (SSSR count). The average molecular weight is 310 g/mol. The number of amides is 1. The van der Waals surface area contributed by atoms with Crippen LogP contribution in [0.3, 0.4) is 0 Å². The quantitative estimate of drug-likeness (QED) is 0.853. The van der Waals surface area contributed by atoms with E-state index in [0.29, 0.717) is 24.3 Å². The topological polar surface area (TPSA) is 67.4 Å². The molecule has 0 bridgehead atoms. The Hall–Kier alpha value is -2.82. The van der Waals surface area contributed by atoms with E-state index in [1.165, 1.54) is 0 Å². The van der Waals surface area contributed by atoms with Crippen molar-refractivity contribution in [2.75, 3.05) is 17.2 Å². The van der Waals surface area contributed by atoms with Gasteiger partial charge in [-0.1, -0.05) is 30.3 Å². The smallest absolute Gasteiger partial charge is 0.338 e. The van der Waals surface area contributed by atoms with Gasteiger partial charge in [0.2, 0.25) is 5.91 Å². The minimum atomic E-state index is -0.371. The van der Waals surface area contributed by atoms with Gasteiger partial charge >= 0.3 is 5.97 Å². The summed E-state index contributed by atoms with van der Waals surface area (Å²) in [6.45, 7) is 2.10. The number of benzene rings is 2. The minimum Gasteiger partial charge on any atom is -0.462 e. The van der Waals surface area contributed by atoms with E-state index in [1.807, 2.05) is 30.3 Å². The summed E-state index contributed by atoms with van der Waals surface area (Å²) < 4.78 is 5.03. The lowest BCUT2D eigenvalue weighted by Gasteiger charge is -2.17. The molecule has 2 aromatic rings. The predicted molar refractivity (Wildman–Crippen MR) is 88.5 cm³/mol. The van der Waals surface area contributed by atoms with Gasteiger partial charge in [-0.3, -0.25) is 4.79 Å². The Morgan fingerprint density at radius 3 is 2.70 bits per heavy atom. The molecule has 0 aliphatic carbocycles.